The molecule has 0 radical (unpaired) electrons. The summed E-state index contributed by atoms with van der Waals surface area (Å²) in [6, 6.07) is 0. The Morgan fingerprint density at radius 1 is 1.06 bits per heavy atom. The van der Waals surface area contributed by atoms with Crippen molar-refractivity contribution in [1.29, 1.82) is 0 Å². The van der Waals surface area contributed by atoms with E-state index in [9.17, 15) is 9.90 Å². The molecular formula is C14H28O4. The van der Waals surface area contributed by atoms with Gasteiger partial charge in [0.1, 0.15) is 5.60 Å². The third-order valence-corrected chi connectivity index (χ3v) is 2.17. The minimum atomic E-state index is -0.858. The predicted molar refractivity (Wildman–Crippen MR) is 71.4 cm³/mol. The Balaban J connectivity index is 4.07. The molecule has 0 rings (SSSR count). The number of esters is 1. The smallest absolute Gasteiger partial charge is 0.306 e. The summed E-state index contributed by atoms with van der Waals surface area (Å²) in [5.74, 6) is -0.220. The summed E-state index contributed by atoms with van der Waals surface area (Å²) in [6.07, 6.45) is 0.883. The van der Waals surface area contributed by atoms with Crippen LogP contribution in [0.15, 0.2) is 0 Å². The molecule has 0 bridgehead atoms. The van der Waals surface area contributed by atoms with Crippen LogP contribution in [-0.2, 0) is 14.3 Å². The summed E-state index contributed by atoms with van der Waals surface area (Å²) in [5, 5.41) is 9.59. The topological polar surface area (TPSA) is 55.8 Å². The van der Waals surface area contributed by atoms with Crippen molar-refractivity contribution in [2.75, 3.05) is 6.61 Å². The van der Waals surface area contributed by atoms with Gasteiger partial charge in [0, 0.05) is 6.42 Å². The van der Waals surface area contributed by atoms with Gasteiger partial charge in [0.2, 0.25) is 0 Å². The van der Waals surface area contributed by atoms with Gasteiger partial charge >= 0.3 is 5.97 Å². The zero-order valence-electron chi connectivity index (χ0n) is 12.8. The van der Waals surface area contributed by atoms with Gasteiger partial charge in [-0.15, -0.1) is 0 Å². The quantitative estimate of drug-likeness (QED) is 0.746. The second-order valence-corrected chi connectivity index (χ2v) is 6.95. The van der Waals surface area contributed by atoms with E-state index in [1.165, 1.54) is 0 Å². The molecule has 0 heterocycles. The molecule has 0 aliphatic heterocycles. The molecule has 18 heavy (non-hydrogen) atoms. The highest BCUT2D eigenvalue weighted by molar-refractivity contribution is 5.69. The third kappa shape index (κ3) is 10.5. The van der Waals surface area contributed by atoms with Gasteiger partial charge in [-0.2, -0.15) is 0 Å². The maximum Gasteiger partial charge on any atom is 0.306 e. The standard InChI is InChI=1S/C14H28O4/c1-12(2,3)18-11(15)8-9-14(6,7)17-10-13(4,5)16/h16H,8-10H2,1-7H3. The first-order valence-electron chi connectivity index (χ1n) is 6.39. The Labute approximate surface area is 111 Å². The molecule has 0 aliphatic rings. The van der Waals surface area contributed by atoms with Crippen molar-refractivity contribution in [3.05, 3.63) is 0 Å². The summed E-state index contributed by atoms with van der Waals surface area (Å²) < 4.78 is 10.9. The normalized spacial score (nSPS) is 13.6. The Morgan fingerprint density at radius 3 is 1.94 bits per heavy atom. The van der Waals surface area contributed by atoms with E-state index in [0.29, 0.717) is 12.8 Å². The molecule has 0 amide bonds. The molecule has 1 N–H and O–H groups in total. The molecule has 0 atom stereocenters. The van der Waals surface area contributed by atoms with Gasteiger partial charge in [-0.05, 0) is 54.9 Å². The minimum Gasteiger partial charge on any atom is -0.460 e. The van der Waals surface area contributed by atoms with Crippen LogP contribution in [0.5, 0.6) is 0 Å². The number of hydrogen-bond donors (Lipinski definition) is 1. The van der Waals surface area contributed by atoms with Crippen molar-refractivity contribution in [2.45, 2.75) is 78.1 Å². The number of carbonyl (C=O) groups excluding carboxylic acids is 1. The molecule has 108 valence electrons. The molecule has 0 saturated carbocycles. The highest BCUT2D eigenvalue weighted by Gasteiger charge is 2.25. The first-order valence-corrected chi connectivity index (χ1v) is 6.39. The molecule has 4 nitrogen and oxygen atoms in total. The maximum absolute atomic E-state index is 11.6. The van der Waals surface area contributed by atoms with Crippen LogP contribution in [0, 0.1) is 0 Å². The van der Waals surface area contributed by atoms with E-state index in [0.717, 1.165) is 0 Å². The van der Waals surface area contributed by atoms with Gasteiger partial charge in [0.25, 0.3) is 0 Å². The van der Waals surface area contributed by atoms with E-state index >= 15 is 0 Å². The molecule has 0 aromatic rings. The second-order valence-electron chi connectivity index (χ2n) is 6.95. The van der Waals surface area contributed by atoms with E-state index in [1.807, 2.05) is 34.6 Å². The average Bonchev–Trinajstić information content (AvgIpc) is 2.08. The monoisotopic (exact) mass is 260 g/mol. The highest BCUT2D eigenvalue weighted by atomic mass is 16.6. The number of hydrogen-bond acceptors (Lipinski definition) is 4. The van der Waals surface area contributed by atoms with Gasteiger partial charge in [-0.3, -0.25) is 4.79 Å². The lowest BCUT2D eigenvalue weighted by molar-refractivity contribution is -0.157. The first-order chi connectivity index (χ1) is 7.81. The van der Waals surface area contributed by atoms with Gasteiger partial charge in [-0.1, -0.05) is 0 Å². The lowest BCUT2D eigenvalue weighted by Gasteiger charge is -2.29. The summed E-state index contributed by atoms with van der Waals surface area (Å²) in [5.41, 5.74) is -1.75. The van der Waals surface area contributed by atoms with Crippen molar-refractivity contribution >= 4 is 5.97 Å². The fraction of sp³-hybridized carbons (Fsp3) is 0.929. The zero-order chi connectivity index (χ0) is 14.6. The summed E-state index contributed by atoms with van der Waals surface area (Å²) in [4.78, 5) is 11.6. The molecule has 0 unspecified atom stereocenters. The average molecular weight is 260 g/mol. The van der Waals surface area contributed by atoms with Crippen molar-refractivity contribution in [2.24, 2.45) is 0 Å². The van der Waals surface area contributed by atoms with Crippen LogP contribution < -0.4 is 0 Å². The maximum atomic E-state index is 11.6. The zero-order valence-corrected chi connectivity index (χ0v) is 12.8. The van der Waals surface area contributed by atoms with E-state index in [2.05, 4.69) is 0 Å². The Morgan fingerprint density at radius 2 is 1.56 bits per heavy atom. The molecule has 0 spiro atoms. The minimum absolute atomic E-state index is 0.220. The van der Waals surface area contributed by atoms with Gasteiger partial charge in [0.15, 0.2) is 0 Å². The lowest BCUT2D eigenvalue weighted by atomic mass is 10.0. The Kier molecular flexibility index (Phi) is 5.82. The number of rotatable bonds is 6. The summed E-state index contributed by atoms with van der Waals surface area (Å²) >= 11 is 0. The Bertz CT molecular complexity index is 268. The lowest BCUT2D eigenvalue weighted by Crippen LogP contribution is -2.35. The summed E-state index contributed by atoms with van der Waals surface area (Å²) in [6.45, 7) is 13.0. The molecule has 0 saturated heterocycles. The number of ether oxygens (including phenoxy) is 2. The van der Waals surface area contributed by atoms with Gasteiger partial charge in [-0.25, -0.2) is 0 Å². The van der Waals surface area contributed by atoms with Crippen LogP contribution in [0.3, 0.4) is 0 Å². The largest absolute Gasteiger partial charge is 0.460 e. The van der Waals surface area contributed by atoms with E-state index < -0.39 is 16.8 Å². The van der Waals surface area contributed by atoms with Gasteiger partial charge < -0.3 is 14.6 Å². The van der Waals surface area contributed by atoms with Crippen LogP contribution in [0.4, 0.5) is 0 Å². The van der Waals surface area contributed by atoms with E-state index in [1.54, 1.807) is 13.8 Å². The molecule has 0 aromatic heterocycles. The molecule has 0 aromatic carbocycles. The predicted octanol–water partition coefficient (Wildman–Crippen LogP) is 2.67. The Hall–Kier alpha value is -0.610. The van der Waals surface area contributed by atoms with Crippen LogP contribution in [0.1, 0.15) is 61.3 Å². The molecule has 0 aliphatic carbocycles. The fourth-order valence-electron chi connectivity index (χ4n) is 1.24. The van der Waals surface area contributed by atoms with Crippen molar-refractivity contribution < 1.29 is 19.4 Å². The molecule has 4 heteroatoms. The number of aliphatic hydroxyl groups is 1. The van der Waals surface area contributed by atoms with Gasteiger partial charge in [0.05, 0.1) is 17.8 Å². The van der Waals surface area contributed by atoms with E-state index in [-0.39, 0.29) is 12.6 Å². The van der Waals surface area contributed by atoms with Crippen molar-refractivity contribution in [3.63, 3.8) is 0 Å². The SMILES string of the molecule is CC(C)(O)COC(C)(C)CCC(=O)OC(C)(C)C. The summed E-state index contributed by atoms with van der Waals surface area (Å²) in [7, 11) is 0. The first kappa shape index (κ1) is 17.4. The van der Waals surface area contributed by atoms with Crippen LogP contribution >= 0.6 is 0 Å². The fourth-order valence-corrected chi connectivity index (χ4v) is 1.24. The van der Waals surface area contributed by atoms with Crippen molar-refractivity contribution in [1.82, 2.24) is 0 Å². The van der Waals surface area contributed by atoms with Crippen LogP contribution in [-0.4, -0.2) is 34.5 Å². The third-order valence-electron chi connectivity index (χ3n) is 2.17. The molecule has 0 fully saturated rings. The van der Waals surface area contributed by atoms with Crippen molar-refractivity contribution in [3.8, 4) is 0 Å². The van der Waals surface area contributed by atoms with E-state index in [4.69, 9.17) is 9.47 Å². The molecular weight excluding hydrogens is 232 g/mol. The second kappa shape index (κ2) is 6.02. The number of carbonyl (C=O) groups is 1. The highest BCUT2D eigenvalue weighted by Crippen LogP contribution is 2.20. The van der Waals surface area contributed by atoms with Crippen LogP contribution in [0.2, 0.25) is 0 Å². The van der Waals surface area contributed by atoms with Crippen LogP contribution in [0.25, 0.3) is 0 Å².